The lowest BCUT2D eigenvalue weighted by Gasteiger charge is -2.10. The highest BCUT2D eigenvalue weighted by Gasteiger charge is 2.11. The molecule has 0 aliphatic heterocycles. The number of hydrogen-bond acceptors (Lipinski definition) is 5. The van der Waals surface area contributed by atoms with Gasteiger partial charge in [0, 0.05) is 21.6 Å². The van der Waals surface area contributed by atoms with Gasteiger partial charge in [0.15, 0.2) is 0 Å². The van der Waals surface area contributed by atoms with E-state index in [0.717, 1.165) is 10.4 Å². The number of hydrogen-bond donors (Lipinski definition) is 3. The number of thiophene rings is 1. The zero-order chi connectivity index (χ0) is 18.9. The summed E-state index contributed by atoms with van der Waals surface area (Å²) in [5, 5.41) is 4.90. The SMILES string of the molecule is Cc1csc(-c2ccc(N)c(NC(=O)c3ccc(S(C)(=N)=O)cc3)c2)c1. The zero-order valence-corrected chi connectivity index (χ0v) is 16.0. The summed E-state index contributed by atoms with van der Waals surface area (Å²) in [4.78, 5) is 14.0. The van der Waals surface area contributed by atoms with Crippen LogP contribution >= 0.6 is 11.3 Å². The second-order valence-electron chi connectivity index (χ2n) is 6.11. The van der Waals surface area contributed by atoms with Crippen LogP contribution in [0.2, 0.25) is 0 Å². The average Bonchev–Trinajstić information content (AvgIpc) is 3.02. The Balaban J connectivity index is 1.85. The number of anilines is 2. The van der Waals surface area contributed by atoms with Crippen LogP contribution in [0.3, 0.4) is 0 Å². The van der Waals surface area contributed by atoms with Crippen LogP contribution in [-0.2, 0) is 9.73 Å². The van der Waals surface area contributed by atoms with Crippen LogP contribution in [0.15, 0.2) is 58.8 Å². The van der Waals surface area contributed by atoms with Gasteiger partial charge in [0.2, 0.25) is 0 Å². The molecule has 1 atom stereocenters. The Kier molecular flexibility index (Phi) is 4.84. The number of carbonyl (C=O) groups excluding carboxylic acids is 1. The molecule has 0 aliphatic rings. The van der Waals surface area contributed by atoms with E-state index in [4.69, 9.17) is 10.5 Å². The molecule has 4 N–H and O–H groups in total. The Morgan fingerprint density at radius 3 is 2.42 bits per heavy atom. The number of amides is 1. The highest BCUT2D eigenvalue weighted by atomic mass is 32.2. The first-order chi connectivity index (χ1) is 12.2. The molecule has 0 radical (unpaired) electrons. The van der Waals surface area contributed by atoms with E-state index >= 15 is 0 Å². The molecule has 7 heteroatoms. The standard InChI is InChI=1S/C19H19N3O2S2/c1-12-9-18(25-11-12)14-5-8-16(20)17(10-14)22-19(23)13-3-6-15(7-4-13)26(2,21)24/h3-11,21H,20H2,1-2H3,(H,22,23). The number of nitrogen functional groups attached to an aromatic ring is 1. The largest absolute Gasteiger partial charge is 0.397 e. The Hall–Kier alpha value is -2.64. The van der Waals surface area contributed by atoms with Crippen LogP contribution in [0.4, 0.5) is 11.4 Å². The molecule has 0 aliphatic carbocycles. The molecule has 1 aromatic heterocycles. The van der Waals surface area contributed by atoms with Crippen LogP contribution in [0.1, 0.15) is 15.9 Å². The summed E-state index contributed by atoms with van der Waals surface area (Å²) in [7, 11) is -2.80. The van der Waals surface area contributed by atoms with E-state index in [0.29, 0.717) is 21.8 Å². The van der Waals surface area contributed by atoms with Crippen molar-refractivity contribution in [3.05, 3.63) is 65.0 Å². The van der Waals surface area contributed by atoms with E-state index in [1.807, 2.05) is 19.1 Å². The lowest BCUT2D eigenvalue weighted by molar-refractivity contribution is 0.102. The molecule has 1 heterocycles. The summed E-state index contributed by atoms with van der Waals surface area (Å²) in [5.74, 6) is -0.310. The van der Waals surface area contributed by atoms with Gasteiger partial charge in [0.1, 0.15) is 0 Å². The number of carbonyl (C=O) groups is 1. The van der Waals surface area contributed by atoms with Gasteiger partial charge in [0.05, 0.1) is 21.1 Å². The predicted molar refractivity (Wildman–Crippen MR) is 108 cm³/mol. The lowest BCUT2D eigenvalue weighted by atomic mass is 10.1. The first-order valence-electron chi connectivity index (χ1n) is 7.84. The van der Waals surface area contributed by atoms with E-state index in [2.05, 4.69) is 16.8 Å². The number of aryl methyl sites for hydroxylation is 1. The second kappa shape index (κ2) is 6.93. The first-order valence-corrected chi connectivity index (χ1v) is 10.7. The molecule has 1 unspecified atom stereocenters. The molecule has 3 rings (SSSR count). The average molecular weight is 386 g/mol. The predicted octanol–water partition coefficient (Wildman–Crippen LogP) is 4.59. The summed E-state index contributed by atoms with van der Waals surface area (Å²) in [6.07, 6.45) is 1.35. The van der Waals surface area contributed by atoms with E-state index in [9.17, 15) is 9.00 Å². The van der Waals surface area contributed by atoms with Crippen molar-refractivity contribution >= 4 is 38.3 Å². The van der Waals surface area contributed by atoms with Gasteiger partial charge in [-0.2, -0.15) is 0 Å². The Morgan fingerprint density at radius 1 is 1.15 bits per heavy atom. The fraction of sp³-hybridized carbons (Fsp3) is 0.105. The minimum absolute atomic E-state index is 0.310. The molecule has 26 heavy (non-hydrogen) atoms. The zero-order valence-electron chi connectivity index (χ0n) is 14.4. The van der Waals surface area contributed by atoms with Gasteiger partial charge in [-0.15, -0.1) is 11.3 Å². The van der Waals surface area contributed by atoms with E-state index < -0.39 is 9.73 Å². The fourth-order valence-electron chi connectivity index (χ4n) is 2.46. The van der Waals surface area contributed by atoms with Gasteiger partial charge < -0.3 is 11.1 Å². The monoisotopic (exact) mass is 385 g/mol. The summed E-state index contributed by atoms with van der Waals surface area (Å²) in [6, 6.07) is 13.8. The van der Waals surface area contributed by atoms with Gasteiger partial charge in [-0.1, -0.05) is 6.07 Å². The number of benzene rings is 2. The molecule has 5 nitrogen and oxygen atoms in total. The van der Waals surface area contributed by atoms with Gasteiger partial charge in [-0.3, -0.25) is 4.79 Å². The minimum atomic E-state index is -2.80. The van der Waals surface area contributed by atoms with Crippen LogP contribution in [0.5, 0.6) is 0 Å². The summed E-state index contributed by atoms with van der Waals surface area (Å²) < 4.78 is 19.3. The maximum absolute atomic E-state index is 12.5. The Morgan fingerprint density at radius 2 is 1.85 bits per heavy atom. The molecule has 0 fully saturated rings. The number of nitrogens with one attached hydrogen (secondary N) is 2. The molecule has 1 amide bonds. The summed E-state index contributed by atoms with van der Waals surface area (Å²) in [5.41, 5.74) is 9.62. The van der Waals surface area contributed by atoms with Gasteiger partial charge >= 0.3 is 0 Å². The van der Waals surface area contributed by atoms with Crippen molar-refractivity contribution in [3.63, 3.8) is 0 Å². The van der Waals surface area contributed by atoms with E-state index in [1.165, 1.54) is 11.8 Å². The topological polar surface area (TPSA) is 96.0 Å². The van der Waals surface area contributed by atoms with Crippen molar-refractivity contribution in [2.24, 2.45) is 0 Å². The maximum atomic E-state index is 12.5. The normalized spacial score (nSPS) is 13.2. The minimum Gasteiger partial charge on any atom is -0.397 e. The van der Waals surface area contributed by atoms with Crippen molar-refractivity contribution < 1.29 is 9.00 Å². The van der Waals surface area contributed by atoms with Crippen molar-refractivity contribution in [2.45, 2.75) is 11.8 Å². The Bertz CT molecular complexity index is 1070. The van der Waals surface area contributed by atoms with Gasteiger partial charge in [-0.25, -0.2) is 8.99 Å². The summed E-state index contributed by atoms with van der Waals surface area (Å²) in [6.45, 7) is 2.04. The molecule has 0 spiro atoms. The third kappa shape index (κ3) is 3.95. The van der Waals surface area contributed by atoms with Crippen LogP contribution in [0.25, 0.3) is 10.4 Å². The van der Waals surface area contributed by atoms with E-state index in [-0.39, 0.29) is 5.91 Å². The molecule has 0 saturated heterocycles. The van der Waals surface area contributed by atoms with Crippen molar-refractivity contribution in [3.8, 4) is 10.4 Å². The molecular formula is C19H19N3O2S2. The van der Waals surface area contributed by atoms with Crippen molar-refractivity contribution in [1.82, 2.24) is 0 Å². The number of rotatable bonds is 4. The van der Waals surface area contributed by atoms with Crippen molar-refractivity contribution in [2.75, 3.05) is 17.3 Å². The number of nitrogens with two attached hydrogens (primary N) is 1. The van der Waals surface area contributed by atoms with Crippen LogP contribution in [0, 0.1) is 11.7 Å². The lowest BCUT2D eigenvalue weighted by Crippen LogP contribution is -2.13. The molecule has 0 bridgehead atoms. The molecular weight excluding hydrogens is 366 g/mol. The van der Waals surface area contributed by atoms with Crippen LogP contribution in [-0.4, -0.2) is 16.4 Å². The van der Waals surface area contributed by atoms with Crippen LogP contribution < -0.4 is 11.1 Å². The quantitative estimate of drug-likeness (QED) is 0.573. The van der Waals surface area contributed by atoms with Gasteiger partial charge in [0.25, 0.3) is 5.91 Å². The maximum Gasteiger partial charge on any atom is 0.255 e. The Labute approximate surface area is 156 Å². The molecule has 2 aromatic carbocycles. The second-order valence-corrected chi connectivity index (χ2v) is 9.18. The molecule has 0 saturated carbocycles. The highest BCUT2D eigenvalue weighted by molar-refractivity contribution is 7.91. The fourth-order valence-corrected chi connectivity index (χ4v) is 4.01. The van der Waals surface area contributed by atoms with E-state index in [1.54, 1.807) is 41.7 Å². The smallest absolute Gasteiger partial charge is 0.255 e. The molecule has 134 valence electrons. The third-order valence-electron chi connectivity index (χ3n) is 3.88. The van der Waals surface area contributed by atoms with Crippen molar-refractivity contribution in [1.29, 1.82) is 4.78 Å². The summed E-state index contributed by atoms with van der Waals surface area (Å²) >= 11 is 1.64. The highest BCUT2D eigenvalue weighted by Crippen LogP contribution is 2.31. The molecule has 3 aromatic rings. The third-order valence-corrected chi connectivity index (χ3v) is 6.15. The first kappa shape index (κ1) is 18.2. The van der Waals surface area contributed by atoms with Gasteiger partial charge in [-0.05, 0) is 65.9 Å².